The van der Waals surface area contributed by atoms with Crippen LogP contribution in [0.2, 0.25) is 0 Å². The van der Waals surface area contributed by atoms with Crippen molar-refractivity contribution in [2.45, 2.75) is 209 Å². The molecule has 0 fully saturated rings. The fraction of sp³-hybridized carbons (Fsp3) is 0.471. The quantitative estimate of drug-likeness (QED) is 0.162. The van der Waals surface area contributed by atoms with E-state index >= 15 is 0 Å². The molecule has 0 heteroatoms. The molecule has 0 aliphatic heterocycles. The van der Waals surface area contributed by atoms with Crippen LogP contribution in [0.3, 0.4) is 0 Å². The van der Waals surface area contributed by atoms with Gasteiger partial charge in [-0.3, -0.25) is 0 Å². The van der Waals surface area contributed by atoms with E-state index in [0.29, 0.717) is 0 Å². The molecule has 0 aliphatic carbocycles. The maximum Gasteiger partial charge on any atom is -0.0000717 e. The molecule has 6 rings (SSSR count). The van der Waals surface area contributed by atoms with Crippen molar-refractivity contribution in [3.63, 3.8) is 0 Å². The zero-order valence-electron chi connectivity index (χ0n) is 47.2. The van der Waals surface area contributed by atoms with Gasteiger partial charge < -0.3 is 0 Å². The first-order valence-electron chi connectivity index (χ1n) is 25.5. The minimum atomic E-state index is -0.176. The van der Waals surface area contributed by atoms with Gasteiger partial charge in [0.1, 0.15) is 0 Å². The lowest BCUT2D eigenvalue weighted by Crippen LogP contribution is -2.20. The number of rotatable bonds is 5. The highest BCUT2D eigenvalue weighted by atomic mass is 14.4. The number of benzene rings is 6. The zero-order valence-corrected chi connectivity index (χ0v) is 47.2. The average Bonchev–Trinajstić information content (AvgIpc) is 3.19. The smallest absolute Gasteiger partial charge is 0.0000717 e. The van der Waals surface area contributed by atoms with Crippen molar-refractivity contribution in [3.05, 3.63) is 154 Å². The molecule has 6 aromatic rings. The second-order valence-corrected chi connectivity index (χ2v) is 28.3. The molecule has 0 aliphatic rings. The molecule has 0 aromatic heterocycles. The van der Waals surface area contributed by atoms with Crippen LogP contribution in [0.5, 0.6) is 0 Å². The van der Waals surface area contributed by atoms with Crippen molar-refractivity contribution in [1.29, 1.82) is 0 Å². The highest BCUT2D eigenvalue weighted by Crippen LogP contribution is 2.56. The van der Waals surface area contributed by atoms with Gasteiger partial charge >= 0.3 is 0 Å². The van der Waals surface area contributed by atoms with E-state index in [-0.39, 0.29) is 43.3 Å². The molecule has 0 heterocycles. The molecule has 0 N–H and O–H groups in total. The molecule has 0 bridgehead atoms. The molecule has 0 unspecified atom stereocenters. The van der Waals surface area contributed by atoms with E-state index in [4.69, 9.17) is 0 Å². The van der Waals surface area contributed by atoms with Crippen LogP contribution in [-0.2, 0) is 43.3 Å². The SMILES string of the molecule is CC(C)(C)c1ccc(-c2[c]c(-c3ccc(C(C)(C)C)cc3C(C)(C)C)c(-c3ccc(C(C)(C)C)cc3C(C)(C)C)c(-c3cc[c]cc3)c2-c2ccc(C(C)(C)C)cc2C(C)(C)C)c(C(C)(C)C)c1. The highest BCUT2D eigenvalue weighted by Gasteiger charge is 2.35. The van der Waals surface area contributed by atoms with Crippen LogP contribution in [0.4, 0.5) is 0 Å². The molecule has 2 radical (unpaired) electrons. The Labute approximate surface area is 416 Å². The summed E-state index contributed by atoms with van der Waals surface area (Å²) in [5.41, 5.74) is 22.1. The normalized spacial score (nSPS) is 13.6. The molecule has 0 saturated heterocycles. The molecule has 360 valence electrons. The van der Waals surface area contributed by atoms with Gasteiger partial charge in [-0.2, -0.15) is 0 Å². The van der Waals surface area contributed by atoms with E-state index in [9.17, 15) is 0 Å². The van der Waals surface area contributed by atoms with E-state index in [1.807, 2.05) is 0 Å². The van der Waals surface area contributed by atoms with Crippen molar-refractivity contribution >= 4 is 0 Å². The topological polar surface area (TPSA) is 0 Å². The highest BCUT2D eigenvalue weighted by molar-refractivity contribution is 6.09. The minimum absolute atomic E-state index is 0.0209. The number of hydrogen-bond donors (Lipinski definition) is 0. The Kier molecular flexibility index (Phi) is 13.7. The van der Waals surface area contributed by atoms with Gasteiger partial charge in [-0.25, -0.2) is 0 Å². The summed E-state index contributed by atoms with van der Waals surface area (Å²) in [6.07, 6.45) is 0. The maximum absolute atomic E-state index is 4.50. The average molecular weight is 905 g/mol. The van der Waals surface area contributed by atoms with Gasteiger partial charge in [-0.15, -0.1) is 0 Å². The molecule has 0 saturated carbocycles. The lowest BCUT2D eigenvalue weighted by Gasteiger charge is -2.35. The summed E-state index contributed by atoms with van der Waals surface area (Å²) in [6.45, 7) is 56.7. The Bertz CT molecular complexity index is 2620. The lowest BCUT2D eigenvalue weighted by atomic mass is 9.69. The summed E-state index contributed by atoms with van der Waals surface area (Å²) in [7, 11) is 0. The Balaban J connectivity index is 2.09. The van der Waals surface area contributed by atoms with Gasteiger partial charge in [-0.05, 0) is 156 Å². The van der Waals surface area contributed by atoms with Crippen LogP contribution in [0, 0.1) is 12.1 Å². The summed E-state index contributed by atoms with van der Waals surface area (Å²) >= 11 is 0. The van der Waals surface area contributed by atoms with Crippen molar-refractivity contribution in [3.8, 4) is 55.6 Å². The zero-order chi connectivity index (χ0) is 51.1. The van der Waals surface area contributed by atoms with Gasteiger partial charge in [0.2, 0.25) is 0 Å². The Morgan fingerprint density at radius 3 is 0.765 bits per heavy atom. The molecule has 0 spiro atoms. The van der Waals surface area contributed by atoms with Gasteiger partial charge in [0.25, 0.3) is 0 Å². The van der Waals surface area contributed by atoms with E-state index in [0.717, 1.165) is 11.1 Å². The first-order valence-corrected chi connectivity index (χ1v) is 25.5. The third kappa shape index (κ3) is 10.9. The third-order valence-corrected chi connectivity index (χ3v) is 14.1. The Morgan fingerprint density at radius 1 is 0.265 bits per heavy atom. The van der Waals surface area contributed by atoms with E-state index < -0.39 is 0 Å². The maximum atomic E-state index is 4.50. The largest absolute Gasteiger partial charge is 0.0579 e. The van der Waals surface area contributed by atoms with Crippen LogP contribution in [0.25, 0.3) is 55.6 Å². The molecule has 6 aromatic carbocycles. The molecule has 68 heavy (non-hydrogen) atoms. The standard InChI is InChI=1S/C68H88/c1-61(2,3)44-30-34-48(54(38-44)65(13,14)15)52-42-53(49-35-31-45(62(4,5)6)39-55(49)66(16,17)18)60(51-37-33-47(64(10,11)12)41-57(51)68(22,23)24)58(43-28-26-25-27-29-43)59(52)50-36-32-46(63(7,8)9)40-56(50)67(19,20)21/h26-41H,1-24H3. The molecular formula is C68H88. The van der Waals surface area contributed by atoms with Crippen molar-refractivity contribution in [2.24, 2.45) is 0 Å². The predicted octanol–water partition coefficient (Wildman–Crippen LogP) is 20.0. The van der Waals surface area contributed by atoms with Crippen molar-refractivity contribution in [2.75, 3.05) is 0 Å². The molecular weight excluding hydrogens is 817 g/mol. The summed E-state index contributed by atoms with van der Waals surface area (Å²) in [4.78, 5) is 0. The molecule has 0 amide bonds. The lowest BCUT2D eigenvalue weighted by molar-refractivity contribution is 0.568. The summed E-state index contributed by atoms with van der Waals surface area (Å²) in [6, 6.07) is 46.2. The summed E-state index contributed by atoms with van der Waals surface area (Å²) in [5, 5.41) is 0. The number of hydrogen-bond acceptors (Lipinski definition) is 0. The van der Waals surface area contributed by atoms with E-state index in [1.165, 1.54) is 89.0 Å². The van der Waals surface area contributed by atoms with E-state index in [1.54, 1.807) is 0 Å². The van der Waals surface area contributed by atoms with Crippen molar-refractivity contribution in [1.82, 2.24) is 0 Å². The monoisotopic (exact) mass is 905 g/mol. The van der Waals surface area contributed by atoms with Crippen LogP contribution < -0.4 is 0 Å². The van der Waals surface area contributed by atoms with Gasteiger partial charge in [-0.1, -0.05) is 263 Å². The minimum Gasteiger partial charge on any atom is -0.0579 e. The van der Waals surface area contributed by atoms with Crippen LogP contribution in [0.1, 0.15) is 211 Å². The Hall–Kier alpha value is -4.68. The van der Waals surface area contributed by atoms with Crippen molar-refractivity contribution < 1.29 is 0 Å². The fourth-order valence-electron chi connectivity index (χ4n) is 9.81. The first kappa shape index (κ1) is 52.7. The van der Waals surface area contributed by atoms with Gasteiger partial charge in [0, 0.05) is 0 Å². The second kappa shape index (κ2) is 17.6. The fourth-order valence-corrected chi connectivity index (χ4v) is 9.81. The van der Waals surface area contributed by atoms with E-state index in [2.05, 4.69) is 275 Å². The second-order valence-electron chi connectivity index (χ2n) is 28.3. The molecule has 0 nitrogen and oxygen atoms in total. The van der Waals surface area contributed by atoms with Gasteiger partial charge in [0.05, 0.1) is 0 Å². The molecule has 0 atom stereocenters. The van der Waals surface area contributed by atoms with Crippen LogP contribution in [0.15, 0.2) is 97.1 Å². The Morgan fingerprint density at radius 2 is 0.515 bits per heavy atom. The first-order chi connectivity index (χ1) is 30.8. The third-order valence-electron chi connectivity index (χ3n) is 14.1. The van der Waals surface area contributed by atoms with Crippen LogP contribution in [-0.4, -0.2) is 0 Å². The predicted molar refractivity (Wildman–Crippen MR) is 301 cm³/mol. The van der Waals surface area contributed by atoms with Gasteiger partial charge in [0.15, 0.2) is 0 Å². The summed E-state index contributed by atoms with van der Waals surface area (Å²) < 4.78 is 0. The van der Waals surface area contributed by atoms with Crippen LogP contribution >= 0.6 is 0 Å². The summed E-state index contributed by atoms with van der Waals surface area (Å²) in [5.74, 6) is 0.